The molecule has 3 aromatic rings. The molecule has 24 heavy (non-hydrogen) atoms. The predicted octanol–water partition coefficient (Wildman–Crippen LogP) is 3.20. The quantitative estimate of drug-likeness (QED) is 0.752. The minimum atomic E-state index is -3.66. The van der Waals surface area contributed by atoms with Crippen LogP contribution in [0.2, 0.25) is 0 Å². The van der Waals surface area contributed by atoms with E-state index in [1.165, 1.54) is 11.3 Å². The van der Waals surface area contributed by atoms with Crippen molar-refractivity contribution in [3.8, 4) is 10.7 Å². The van der Waals surface area contributed by atoms with Gasteiger partial charge in [0, 0.05) is 0 Å². The minimum Gasteiger partial charge on any atom is -0.337 e. The van der Waals surface area contributed by atoms with E-state index in [1.807, 2.05) is 36.6 Å². The average molecular weight is 363 g/mol. The first-order valence-electron chi connectivity index (χ1n) is 7.31. The highest BCUT2D eigenvalue weighted by molar-refractivity contribution is 7.89. The predicted molar refractivity (Wildman–Crippen MR) is 92.3 cm³/mol. The Morgan fingerprint density at radius 2 is 1.92 bits per heavy atom. The molecule has 0 unspecified atom stereocenters. The van der Waals surface area contributed by atoms with Crippen LogP contribution in [0.25, 0.3) is 10.7 Å². The summed E-state index contributed by atoms with van der Waals surface area (Å²) >= 11 is 1.49. The molecule has 1 aromatic carbocycles. The molecular formula is C16H17N3O3S2. The van der Waals surface area contributed by atoms with Gasteiger partial charge in [-0.3, -0.25) is 0 Å². The lowest BCUT2D eigenvalue weighted by molar-refractivity contribution is 0.376. The number of hydrogen-bond donors (Lipinski definition) is 1. The summed E-state index contributed by atoms with van der Waals surface area (Å²) in [5, 5.41) is 5.78. The molecule has 0 atom stereocenters. The Labute approximate surface area is 144 Å². The van der Waals surface area contributed by atoms with Crippen molar-refractivity contribution in [3.05, 3.63) is 52.2 Å². The van der Waals surface area contributed by atoms with Gasteiger partial charge in [-0.1, -0.05) is 28.9 Å². The Balaban J connectivity index is 1.79. The van der Waals surface area contributed by atoms with E-state index in [1.54, 1.807) is 13.8 Å². The van der Waals surface area contributed by atoms with Crippen molar-refractivity contribution in [2.75, 3.05) is 0 Å². The lowest BCUT2D eigenvalue weighted by Crippen LogP contribution is -2.25. The van der Waals surface area contributed by atoms with Gasteiger partial charge in [0.15, 0.2) is 0 Å². The number of sulfonamides is 1. The molecule has 3 rings (SSSR count). The highest BCUT2D eigenvalue weighted by Gasteiger charge is 2.21. The second-order valence-corrected chi connectivity index (χ2v) is 8.19. The number of aryl methyl sites for hydroxylation is 3. The molecule has 0 aliphatic carbocycles. The summed E-state index contributed by atoms with van der Waals surface area (Å²) in [5.74, 6) is 0.686. The highest BCUT2D eigenvalue weighted by Crippen LogP contribution is 2.23. The molecule has 0 aliphatic heterocycles. The summed E-state index contributed by atoms with van der Waals surface area (Å²) in [6.45, 7) is 5.47. The fraction of sp³-hybridized carbons (Fsp3) is 0.250. The second kappa shape index (κ2) is 6.46. The van der Waals surface area contributed by atoms with Gasteiger partial charge in [-0.2, -0.15) is 4.98 Å². The molecule has 1 N–H and O–H groups in total. The number of nitrogens with zero attached hydrogens (tertiary/aromatic N) is 2. The summed E-state index contributed by atoms with van der Waals surface area (Å²) in [6, 6.07) is 7.47. The maximum Gasteiger partial charge on any atom is 0.242 e. The molecule has 8 heteroatoms. The van der Waals surface area contributed by atoms with E-state index in [9.17, 15) is 8.42 Å². The third-order valence-electron chi connectivity index (χ3n) is 3.50. The van der Waals surface area contributed by atoms with Crippen molar-refractivity contribution in [2.45, 2.75) is 32.2 Å². The van der Waals surface area contributed by atoms with E-state index < -0.39 is 10.0 Å². The van der Waals surface area contributed by atoms with Gasteiger partial charge in [-0.05, 0) is 43.3 Å². The summed E-state index contributed by atoms with van der Waals surface area (Å²) < 4.78 is 32.8. The lowest BCUT2D eigenvalue weighted by atomic mass is 10.1. The third-order valence-corrected chi connectivity index (χ3v) is 6.07. The number of hydrogen-bond acceptors (Lipinski definition) is 6. The van der Waals surface area contributed by atoms with E-state index in [0.717, 1.165) is 10.4 Å². The normalized spacial score (nSPS) is 11.8. The number of nitrogens with one attached hydrogen (secondary N) is 1. The third kappa shape index (κ3) is 3.40. The van der Waals surface area contributed by atoms with Gasteiger partial charge >= 0.3 is 0 Å². The number of thiophene rings is 1. The topological polar surface area (TPSA) is 85.1 Å². The zero-order chi connectivity index (χ0) is 17.3. The van der Waals surface area contributed by atoms with E-state index >= 15 is 0 Å². The van der Waals surface area contributed by atoms with Gasteiger partial charge in [0.2, 0.25) is 21.7 Å². The van der Waals surface area contributed by atoms with Crippen molar-refractivity contribution in [1.29, 1.82) is 0 Å². The van der Waals surface area contributed by atoms with E-state index in [2.05, 4.69) is 14.9 Å². The van der Waals surface area contributed by atoms with Crippen LogP contribution in [0.15, 0.2) is 39.1 Å². The highest BCUT2D eigenvalue weighted by atomic mass is 32.2. The number of rotatable bonds is 5. The van der Waals surface area contributed by atoms with Gasteiger partial charge in [0.1, 0.15) is 0 Å². The largest absolute Gasteiger partial charge is 0.337 e. The molecule has 0 radical (unpaired) electrons. The second-order valence-electron chi connectivity index (χ2n) is 5.54. The Morgan fingerprint density at radius 1 is 1.21 bits per heavy atom. The Morgan fingerprint density at radius 3 is 2.54 bits per heavy atom. The molecule has 0 fully saturated rings. The fourth-order valence-electron chi connectivity index (χ4n) is 2.65. The van der Waals surface area contributed by atoms with Crippen molar-refractivity contribution >= 4 is 21.4 Å². The van der Waals surface area contributed by atoms with Crippen molar-refractivity contribution < 1.29 is 12.9 Å². The van der Waals surface area contributed by atoms with E-state index in [-0.39, 0.29) is 12.4 Å². The molecule has 2 aromatic heterocycles. The van der Waals surface area contributed by atoms with Crippen LogP contribution >= 0.6 is 11.3 Å². The molecule has 0 aliphatic rings. The lowest BCUT2D eigenvalue weighted by Gasteiger charge is -2.12. The number of aromatic nitrogens is 2. The first kappa shape index (κ1) is 16.8. The SMILES string of the molecule is Cc1cc(C)c(S(=O)(=O)NCc2nc(-c3cccs3)no2)c(C)c1. The maximum atomic E-state index is 12.6. The monoisotopic (exact) mass is 363 g/mol. The van der Waals surface area contributed by atoms with Gasteiger partial charge in [0.05, 0.1) is 16.3 Å². The standard InChI is InChI=1S/C16H17N3O3S2/c1-10-7-11(2)15(12(3)8-10)24(20,21)17-9-14-18-16(19-22-14)13-5-4-6-23-13/h4-8,17H,9H2,1-3H3. The van der Waals surface area contributed by atoms with Gasteiger partial charge in [-0.15, -0.1) is 11.3 Å². The van der Waals surface area contributed by atoms with E-state index in [4.69, 9.17) is 4.52 Å². The average Bonchev–Trinajstić information content (AvgIpc) is 3.15. The molecule has 0 saturated carbocycles. The molecular weight excluding hydrogens is 346 g/mol. The Bertz CT molecular complexity index is 937. The first-order valence-corrected chi connectivity index (χ1v) is 9.67. The fourth-order valence-corrected chi connectivity index (χ4v) is 4.72. The molecule has 2 heterocycles. The molecule has 6 nitrogen and oxygen atoms in total. The minimum absolute atomic E-state index is 0.0481. The van der Waals surface area contributed by atoms with Crippen LogP contribution < -0.4 is 4.72 Å². The maximum absolute atomic E-state index is 12.6. The molecule has 0 saturated heterocycles. The van der Waals surface area contributed by atoms with Crippen LogP contribution in [0.4, 0.5) is 0 Å². The van der Waals surface area contributed by atoms with E-state index in [0.29, 0.717) is 21.8 Å². The zero-order valence-electron chi connectivity index (χ0n) is 13.5. The van der Waals surface area contributed by atoms with Gasteiger partial charge in [-0.25, -0.2) is 13.1 Å². The molecule has 126 valence electrons. The van der Waals surface area contributed by atoms with Crippen LogP contribution in [0.5, 0.6) is 0 Å². The smallest absolute Gasteiger partial charge is 0.242 e. The van der Waals surface area contributed by atoms with Crippen LogP contribution in [-0.2, 0) is 16.6 Å². The Hall–Kier alpha value is -2.03. The summed E-state index contributed by atoms with van der Waals surface area (Å²) in [5.41, 5.74) is 2.45. The summed E-state index contributed by atoms with van der Waals surface area (Å²) in [6.07, 6.45) is 0. The molecule has 0 spiro atoms. The van der Waals surface area contributed by atoms with Crippen molar-refractivity contribution in [1.82, 2.24) is 14.9 Å². The van der Waals surface area contributed by atoms with Gasteiger partial charge < -0.3 is 4.52 Å². The summed E-state index contributed by atoms with van der Waals surface area (Å²) in [7, 11) is -3.66. The Kier molecular flexibility index (Phi) is 4.53. The number of benzene rings is 1. The van der Waals surface area contributed by atoms with Crippen molar-refractivity contribution in [2.24, 2.45) is 0 Å². The molecule has 0 bridgehead atoms. The van der Waals surface area contributed by atoms with Crippen LogP contribution in [0, 0.1) is 20.8 Å². The van der Waals surface area contributed by atoms with Crippen molar-refractivity contribution in [3.63, 3.8) is 0 Å². The van der Waals surface area contributed by atoms with Crippen LogP contribution in [0.1, 0.15) is 22.6 Å². The zero-order valence-corrected chi connectivity index (χ0v) is 15.2. The van der Waals surface area contributed by atoms with Crippen LogP contribution in [-0.4, -0.2) is 18.6 Å². The van der Waals surface area contributed by atoms with Crippen LogP contribution in [0.3, 0.4) is 0 Å². The molecule has 0 amide bonds. The summed E-state index contributed by atoms with van der Waals surface area (Å²) in [4.78, 5) is 5.38. The first-order chi connectivity index (χ1) is 11.4. The van der Waals surface area contributed by atoms with Gasteiger partial charge in [0.25, 0.3) is 0 Å².